The number of aryl methyl sites for hydroxylation is 3. The zero-order chi connectivity index (χ0) is 21.7. The first-order chi connectivity index (χ1) is 14.2. The van der Waals surface area contributed by atoms with Gasteiger partial charge in [-0.15, -0.1) is 0 Å². The first kappa shape index (κ1) is 21.4. The van der Waals surface area contributed by atoms with Crippen LogP contribution >= 0.6 is 0 Å². The van der Waals surface area contributed by atoms with Gasteiger partial charge in [-0.1, -0.05) is 35.9 Å². The highest BCUT2D eigenvalue weighted by Gasteiger charge is 2.20. The van der Waals surface area contributed by atoms with Crippen LogP contribution in [0.5, 0.6) is 11.5 Å². The molecule has 0 aliphatic heterocycles. The Bertz CT molecular complexity index is 1120. The molecule has 0 saturated carbocycles. The van der Waals surface area contributed by atoms with Crippen molar-refractivity contribution in [2.45, 2.75) is 25.7 Å². The lowest BCUT2D eigenvalue weighted by atomic mass is 10.1. The van der Waals surface area contributed by atoms with Crippen LogP contribution in [0.2, 0.25) is 0 Å². The van der Waals surface area contributed by atoms with E-state index in [1.807, 2.05) is 25.1 Å². The fourth-order valence-electron chi connectivity index (χ4n) is 2.88. The number of ether oxygens (including phenoxy) is 1. The minimum Gasteiger partial charge on any atom is -0.484 e. The molecular weight excluding hydrogens is 402 g/mol. The highest BCUT2D eigenvalue weighted by atomic mass is 32.2. The van der Waals surface area contributed by atoms with Crippen molar-refractivity contribution < 1.29 is 22.1 Å². The van der Waals surface area contributed by atoms with E-state index in [1.165, 1.54) is 12.1 Å². The van der Waals surface area contributed by atoms with Crippen molar-refractivity contribution in [1.82, 2.24) is 0 Å². The lowest BCUT2D eigenvalue weighted by Gasteiger charge is -2.15. The van der Waals surface area contributed by atoms with Crippen molar-refractivity contribution >= 4 is 21.7 Å². The van der Waals surface area contributed by atoms with Crippen molar-refractivity contribution in [3.8, 4) is 11.5 Å². The molecule has 0 radical (unpaired) electrons. The molecule has 0 aliphatic carbocycles. The summed E-state index contributed by atoms with van der Waals surface area (Å²) in [6.45, 7) is 5.19. The zero-order valence-corrected chi connectivity index (χ0v) is 17.8. The highest BCUT2D eigenvalue weighted by molar-refractivity contribution is 7.87. The van der Waals surface area contributed by atoms with Crippen molar-refractivity contribution in [2.75, 3.05) is 11.9 Å². The van der Waals surface area contributed by atoms with Crippen molar-refractivity contribution in [3.63, 3.8) is 0 Å². The van der Waals surface area contributed by atoms with E-state index >= 15 is 0 Å². The number of para-hydroxylation sites is 1. The fourth-order valence-corrected chi connectivity index (χ4v) is 3.93. The van der Waals surface area contributed by atoms with Crippen LogP contribution in [0.3, 0.4) is 0 Å². The molecule has 0 aliphatic rings. The summed E-state index contributed by atoms with van der Waals surface area (Å²) in [5.41, 5.74) is 2.67. The normalized spacial score (nSPS) is 11.0. The summed E-state index contributed by atoms with van der Waals surface area (Å²) in [5, 5.41) is 2.75. The molecule has 0 fully saturated rings. The number of carbonyl (C=O) groups excluding carboxylic acids is 1. The molecule has 0 atom stereocenters. The molecule has 30 heavy (non-hydrogen) atoms. The number of benzene rings is 3. The summed E-state index contributed by atoms with van der Waals surface area (Å²) in [6, 6.07) is 18.8. The van der Waals surface area contributed by atoms with Gasteiger partial charge >= 0.3 is 10.1 Å². The molecular formula is C23H23NO5S. The number of amides is 1. The molecule has 3 aromatic rings. The Kier molecular flexibility index (Phi) is 6.42. The van der Waals surface area contributed by atoms with Crippen LogP contribution in [0.25, 0.3) is 0 Å². The maximum Gasteiger partial charge on any atom is 0.339 e. The average Bonchev–Trinajstić information content (AvgIpc) is 2.70. The second-order valence-electron chi connectivity index (χ2n) is 6.94. The smallest absolute Gasteiger partial charge is 0.339 e. The van der Waals surface area contributed by atoms with Crippen molar-refractivity contribution in [3.05, 3.63) is 83.4 Å². The highest BCUT2D eigenvalue weighted by Crippen LogP contribution is 2.30. The lowest BCUT2D eigenvalue weighted by Crippen LogP contribution is -2.20. The molecule has 1 N–H and O–H groups in total. The predicted octanol–water partition coefficient (Wildman–Crippen LogP) is 4.40. The third-order valence-corrected chi connectivity index (χ3v) is 5.60. The van der Waals surface area contributed by atoms with E-state index in [0.29, 0.717) is 22.6 Å². The minimum absolute atomic E-state index is 0.0855. The van der Waals surface area contributed by atoms with Crippen LogP contribution < -0.4 is 14.2 Å². The van der Waals surface area contributed by atoms with Gasteiger partial charge in [0.05, 0.1) is 0 Å². The molecule has 0 spiro atoms. The number of hydrogen-bond acceptors (Lipinski definition) is 5. The number of anilines is 1. The summed E-state index contributed by atoms with van der Waals surface area (Å²) in [7, 11) is -3.96. The van der Waals surface area contributed by atoms with Gasteiger partial charge in [0, 0.05) is 5.69 Å². The molecule has 0 aromatic heterocycles. The first-order valence-corrected chi connectivity index (χ1v) is 10.8. The Morgan fingerprint density at radius 1 is 0.900 bits per heavy atom. The average molecular weight is 426 g/mol. The molecule has 0 unspecified atom stereocenters. The van der Waals surface area contributed by atoms with Gasteiger partial charge in [-0.2, -0.15) is 8.42 Å². The van der Waals surface area contributed by atoms with E-state index in [1.54, 1.807) is 50.2 Å². The summed E-state index contributed by atoms with van der Waals surface area (Å²) < 4.78 is 36.0. The molecule has 0 saturated heterocycles. The van der Waals surface area contributed by atoms with Gasteiger partial charge in [0.2, 0.25) is 0 Å². The molecule has 1 amide bonds. The Morgan fingerprint density at radius 2 is 1.50 bits per heavy atom. The third kappa shape index (κ3) is 5.39. The van der Waals surface area contributed by atoms with Gasteiger partial charge in [0.15, 0.2) is 6.61 Å². The van der Waals surface area contributed by atoms with Crippen LogP contribution in [0, 0.1) is 20.8 Å². The second-order valence-corrected chi connectivity index (χ2v) is 8.49. The maximum absolute atomic E-state index is 12.6. The predicted molar refractivity (Wildman–Crippen MR) is 115 cm³/mol. The zero-order valence-electron chi connectivity index (χ0n) is 17.0. The van der Waals surface area contributed by atoms with E-state index in [2.05, 4.69) is 5.32 Å². The summed E-state index contributed by atoms with van der Waals surface area (Å²) >= 11 is 0. The lowest BCUT2D eigenvalue weighted by molar-refractivity contribution is -0.118. The van der Waals surface area contributed by atoms with Gasteiger partial charge in [-0.05, 0) is 68.3 Å². The summed E-state index contributed by atoms with van der Waals surface area (Å²) in [5.74, 6) is 0.526. The van der Waals surface area contributed by atoms with Crippen LogP contribution in [-0.2, 0) is 14.9 Å². The second kappa shape index (κ2) is 9.00. The van der Waals surface area contributed by atoms with Crippen molar-refractivity contribution in [1.29, 1.82) is 0 Å². The van der Waals surface area contributed by atoms with E-state index in [9.17, 15) is 13.2 Å². The topological polar surface area (TPSA) is 81.7 Å². The molecule has 6 nitrogen and oxygen atoms in total. The quantitative estimate of drug-likeness (QED) is 0.568. The number of hydrogen-bond donors (Lipinski definition) is 1. The largest absolute Gasteiger partial charge is 0.484 e. The van der Waals surface area contributed by atoms with E-state index in [-0.39, 0.29) is 23.2 Å². The van der Waals surface area contributed by atoms with E-state index in [0.717, 1.165) is 5.56 Å². The third-order valence-electron chi connectivity index (χ3n) is 4.36. The van der Waals surface area contributed by atoms with Crippen molar-refractivity contribution in [2.24, 2.45) is 0 Å². The number of carbonyl (C=O) groups is 1. The molecule has 0 heterocycles. The monoisotopic (exact) mass is 425 g/mol. The first-order valence-electron chi connectivity index (χ1n) is 9.35. The Morgan fingerprint density at radius 3 is 2.10 bits per heavy atom. The van der Waals surface area contributed by atoms with E-state index < -0.39 is 10.1 Å². The van der Waals surface area contributed by atoms with E-state index in [4.69, 9.17) is 8.92 Å². The summed E-state index contributed by atoms with van der Waals surface area (Å²) in [4.78, 5) is 12.3. The Labute approximate surface area is 176 Å². The van der Waals surface area contributed by atoms with Gasteiger partial charge < -0.3 is 14.2 Å². The molecule has 3 aromatic carbocycles. The van der Waals surface area contributed by atoms with Gasteiger partial charge in [0.25, 0.3) is 5.91 Å². The SMILES string of the molecule is Cc1ccc(S(=O)(=O)Oc2c(C)cc(NC(=O)COc3ccccc3)cc2C)cc1. The molecule has 0 bridgehead atoms. The molecule has 3 rings (SSSR count). The number of rotatable bonds is 7. The maximum atomic E-state index is 12.6. The van der Waals surface area contributed by atoms with Gasteiger partial charge in [-0.3, -0.25) is 4.79 Å². The van der Waals surface area contributed by atoms with Crippen LogP contribution in [0.1, 0.15) is 16.7 Å². The fraction of sp³-hybridized carbons (Fsp3) is 0.174. The van der Waals surface area contributed by atoms with Gasteiger partial charge in [-0.25, -0.2) is 0 Å². The standard InChI is InChI=1S/C23H23NO5S/c1-16-9-11-21(12-10-16)30(26,27)29-23-17(2)13-19(14-18(23)3)24-22(25)15-28-20-7-5-4-6-8-20/h4-14H,15H2,1-3H3,(H,24,25). The van der Waals surface area contributed by atoms with Crippen LogP contribution in [-0.4, -0.2) is 20.9 Å². The van der Waals surface area contributed by atoms with Crippen LogP contribution in [0.4, 0.5) is 5.69 Å². The Hall–Kier alpha value is -3.32. The summed E-state index contributed by atoms with van der Waals surface area (Å²) in [6.07, 6.45) is 0. The Balaban J connectivity index is 1.70. The van der Waals surface area contributed by atoms with Crippen LogP contribution in [0.15, 0.2) is 71.6 Å². The molecule has 156 valence electrons. The van der Waals surface area contributed by atoms with Gasteiger partial charge in [0.1, 0.15) is 16.4 Å². The molecule has 7 heteroatoms. The number of nitrogens with one attached hydrogen (secondary N) is 1. The minimum atomic E-state index is -3.96.